The molecule has 1 rings (SSSR count). The summed E-state index contributed by atoms with van der Waals surface area (Å²) in [6, 6.07) is 0. The minimum atomic E-state index is -0.755. The van der Waals surface area contributed by atoms with Crippen molar-refractivity contribution in [1.82, 2.24) is 0 Å². The average molecular weight is 201 g/mol. The molecule has 84 valence electrons. The molecule has 0 aromatic heterocycles. The molecule has 3 N–H and O–H groups in total. The highest BCUT2D eigenvalue weighted by atomic mass is 16.5. The van der Waals surface area contributed by atoms with Crippen LogP contribution in [0, 0.1) is 5.41 Å². The van der Waals surface area contributed by atoms with E-state index in [0.717, 1.165) is 25.7 Å². The van der Waals surface area contributed by atoms with Crippen LogP contribution in [0.2, 0.25) is 0 Å². The molecular formula is C11H23NO2. The highest BCUT2D eigenvalue weighted by molar-refractivity contribution is 5.01. The number of ether oxygens (including phenoxy) is 1. The number of hydrogen-bond acceptors (Lipinski definition) is 3. The first-order valence-corrected chi connectivity index (χ1v) is 5.43. The maximum atomic E-state index is 10.7. The molecule has 2 atom stereocenters. The van der Waals surface area contributed by atoms with Crippen LogP contribution in [-0.4, -0.2) is 30.5 Å². The third kappa shape index (κ3) is 1.81. The molecular weight excluding hydrogens is 178 g/mol. The fraction of sp³-hybridized carbons (Fsp3) is 1.00. The second-order valence-electron chi connectivity index (χ2n) is 4.98. The SMILES string of the molecule is COC1CCCCC1(O)C(C)(C)CN. The van der Waals surface area contributed by atoms with Crippen LogP contribution in [0.3, 0.4) is 0 Å². The molecule has 1 aliphatic carbocycles. The van der Waals surface area contributed by atoms with Gasteiger partial charge in [0.25, 0.3) is 0 Å². The molecule has 14 heavy (non-hydrogen) atoms. The van der Waals surface area contributed by atoms with Gasteiger partial charge in [-0.15, -0.1) is 0 Å². The zero-order valence-electron chi connectivity index (χ0n) is 9.55. The molecule has 0 bridgehead atoms. The van der Waals surface area contributed by atoms with E-state index in [2.05, 4.69) is 0 Å². The van der Waals surface area contributed by atoms with Crippen LogP contribution >= 0.6 is 0 Å². The molecule has 0 saturated heterocycles. The van der Waals surface area contributed by atoms with Gasteiger partial charge in [0.05, 0.1) is 11.7 Å². The van der Waals surface area contributed by atoms with Crippen molar-refractivity contribution in [3.05, 3.63) is 0 Å². The first kappa shape index (κ1) is 12.0. The van der Waals surface area contributed by atoms with Gasteiger partial charge >= 0.3 is 0 Å². The number of methoxy groups -OCH3 is 1. The molecule has 2 unspecified atom stereocenters. The molecule has 1 saturated carbocycles. The summed E-state index contributed by atoms with van der Waals surface area (Å²) in [5.74, 6) is 0. The van der Waals surface area contributed by atoms with E-state index in [9.17, 15) is 5.11 Å². The minimum absolute atomic E-state index is 0.0604. The smallest absolute Gasteiger partial charge is 0.0970 e. The fourth-order valence-electron chi connectivity index (χ4n) is 2.39. The molecule has 3 nitrogen and oxygen atoms in total. The second kappa shape index (κ2) is 4.17. The van der Waals surface area contributed by atoms with Gasteiger partial charge in [-0.1, -0.05) is 26.7 Å². The highest BCUT2D eigenvalue weighted by Crippen LogP contribution is 2.42. The molecule has 3 heteroatoms. The lowest BCUT2D eigenvalue weighted by Crippen LogP contribution is -2.58. The van der Waals surface area contributed by atoms with Gasteiger partial charge in [-0.05, 0) is 12.8 Å². The Bertz CT molecular complexity index is 194. The Hall–Kier alpha value is -0.120. The molecule has 0 spiro atoms. The van der Waals surface area contributed by atoms with Crippen molar-refractivity contribution in [2.75, 3.05) is 13.7 Å². The summed E-state index contributed by atoms with van der Waals surface area (Å²) in [7, 11) is 1.67. The first-order chi connectivity index (χ1) is 6.48. The summed E-state index contributed by atoms with van der Waals surface area (Å²) in [5, 5.41) is 10.7. The monoisotopic (exact) mass is 201 g/mol. The quantitative estimate of drug-likeness (QED) is 0.723. The minimum Gasteiger partial charge on any atom is -0.387 e. The van der Waals surface area contributed by atoms with E-state index in [1.54, 1.807) is 7.11 Å². The molecule has 0 aromatic rings. The molecule has 0 aliphatic heterocycles. The first-order valence-electron chi connectivity index (χ1n) is 5.43. The Morgan fingerprint density at radius 2 is 2.14 bits per heavy atom. The zero-order chi connectivity index (χ0) is 10.8. The van der Waals surface area contributed by atoms with Gasteiger partial charge in [0.15, 0.2) is 0 Å². The van der Waals surface area contributed by atoms with Crippen molar-refractivity contribution in [3.8, 4) is 0 Å². The summed E-state index contributed by atoms with van der Waals surface area (Å²) >= 11 is 0. The number of aliphatic hydroxyl groups is 1. The van der Waals surface area contributed by atoms with Crippen LogP contribution in [0.25, 0.3) is 0 Å². The lowest BCUT2D eigenvalue weighted by molar-refractivity contribution is -0.175. The number of nitrogens with two attached hydrogens (primary N) is 1. The molecule has 1 aliphatic rings. The van der Waals surface area contributed by atoms with Crippen LogP contribution in [0.1, 0.15) is 39.5 Å². The topological polar surface area (TPSA) is 55.5 Å². The van der Waals surface area contributed by atoms with E-state index >= 15 is 0 Å². The van der Waals surface area contributed by atoms with Gasteiger partial charge in [0.2, 0.25) is 0 Å². The van der Waals surface area contributed by atoms with Crippen molar-refractivity contribution in [2.24, 2.45) is 11.1 Å². The van der Waals surface area contributed by atoms with E-state index < -0.39 is 5.60 Å². The lowest BCUT2D eigenvalue weighted by atomic mass is 9.65. The van der Waals surface area contributed by atoms with Crippen molar-refractivity contribution >= 4 is 0 Å². The standard InChI is InChI=1S/C11H23NO2/c1-10(2,8-12)11(13)7-5-4-6-9(11)14-3/h9,13H,4-8,12H2,1-3H3. The summed E-state index contributed by atoms with van der Waals surface area (Å²) in [4.78, 5) is 0. The maximum Gasteiger partial charge on any atom is 0.0970 e. The Labute approximate surface area is 86.6 Å². The van der Waals surface area contributed by atoms with E-state index in [-0.39, 0.29) is 11.5 Å². The van der Waals surface area contributed by atoms with E-state index in [1.165, 1.54) is 0 Å². The van der Waals surface area contributed by atoms with Gasteiger partial charge in [-0.25, -0.2) is 0 Å². The Balaban J connectivity index is 2.87. The predicted molar refractivity (Wildman–Crippen MR) is 57.1 cm³/mol. The third-order valence-electron chi connectivity index (χ3n) is 3.77. The highest BCUT2D eigenvalue weighted by Gasteiger charge is 2.49. The van der Waals surface area contributed by atoms with Crippen LogP contribution in [0.15, 0.2) is 0 Å². The summed E-state index contributed by atoms with van der Waals surface area (Å²) in [6.45, 7) is 4.53. The van der Waals surface area contributed by atoms with Crippen LogP contribution in [0.4, 0.5) is 0 Å². The molecule has 0 amide bonds. The predicted octanol–water partition coefficient (Wildman–Crippen LogP) is 1.29. The zero-order valence-corrected chi connectivity index (χ0v) is 9.55. The van der Waals surface area contributed by atoms with Gasteiger partial charge < -0.3 is 15.6 Å². The molecule has 0 aromatic carbocycles. The summed E-state index contributed by atoms with van der Waals surface area (Å²) in [6.07, 6.45) is 3.89. The molecule has 1 fully saturated rings. The summed E-state index contributed by atoms with van der Waals surface area (Å²) in [5.41, 5.74) is 4.70. The summed E-state index contributed by atoms with van der Waals surface area (Å²) < 4.78 is 5.39. The van der Waals surface area contributed by atoms with Gasteiger partial charge in [-0.3, -0.25) is 0 Å². The van der Waals surface area contributed by atoms with E-state index in [0.29, 0.717) is 6.54 Å². The number of hydrogen-bond donors (Lipinski definition) is 2. The van der Waals surface area contributed by atoms with Crippen LogP contribution in [0.5, 0.6) is 0 Å². The van der Waals surface area contributed by atoms with Crippen molar-refractivity contribution < 1.29 is 9.84 Å². The normalized spacial score (nSPS) is 34.5. The van der Waals surface area contributed by atoms with Crippen molar-refractivity contribution in [3.63, 3.8) is 0 Å². The third-order valence-corrected chi connectivity index (χ3v) is 3.77. The maximum absolute atomic E-state index is 10.7. The van der Waals surface area contributed by atoms with Gasteiger partial charge in [0, 0.05) is 19.1 Å². The van der Waals surface area contributed by atoms with Crippen molar-refractivity contribution in [1.29, 1.82) is 0 Å². The van der Waals surface area contributed by atoms with Gasteiger partial charge in [0.1, 0.15) is 0 Å². The van der Waals surface area contributed by atoms with E-state index in [1.807, 2.05) is 13.8 Å². The second-order valence-corrected chi connectivity index (χ2v) is 4.98. The van der Waals surface area contributed by atoms with Crippen molar-refractivity contribution in [2.45, 2.75) is 51.2 Å². The number of rotatable bonds is 3. The van der Waals surface area contributed by atoms with E-state index in [4.69, 9.17) is 10.5 Å². The average Bonchev–Trinajstić information content (AvgIpc) is 2.18. The largest absolute Gasteiger partial charge is 0.387 e. The Morgan fingerprint density at radius 3 is 2.64 bits per heavy atom. The lowest BCUT2D eigenvalue weighted by Gasteiger charge is -2.49. The van der Waals surface area contributed by atoms with Crippen LogP contribution in [-0.2, 0) is 4.74 Å². The van der Waals surface area contributed by atoms with Gasteiger partial charge in [-0.2, -0.15) is 0 Å². The van der Waals surface area contributed by atoms with Crippen LogP contribution < -0.4 is 5.73 Å². The molecule has 0 radical (unpaired) electrons. The Morgan fingerprint density at radius 1 is 1.50 bits per heavy atom. The Kier molecular flexibility index (Phi) is 3.56. The fourth-order valence-corrected chi connectivity index (χ4v) is 2.39. The molecule has 0 heterocycles.